The molecule has 1 heterocycles. The van der Waals surface area contributed by atoms with Crippen molar-refractivity contribution in [2.45, 2.75) is 19.3 Å². The normalized spacial score (nSPS) is 21.4. The molecule has 0 bridgehead atoms. The van der Waals surface area contributed by atoms with Crippen LogP contribution in [0.25, 0.3) is 0 Å². The van der Waals surface area contributed by atoms with Gasteiger partial charge in [-0.2, -0.15) is 0 Å². The van der Waals surface area contributed by atoms with E-state index >= 15 is 0 Å². The zero-order chi connectivity index (χ0) is 5.11. The number of amidine groups is 1. The number of rotatable bonds is 0. The highest BCUT2D eigenvalue weighted by molar-refractivity contribution is 5.80. The van der Waals surface area contributed by atoms with Crippen LogP contribution in [0, 0.1) is 0 Å². The molecule has 1 rings (SSSR count). The van der Waals surface area contributed by atoms with Gasteiger partial charge >= 0.3 is 0 Å². The molecule has 2 nitrogen and oxygen atoms in total. The maximum absolute atomic E-state index is 8.71. The predicted molar refractivity (Wildman–Crippen MR) is 29.0 cm³/mol. The first kappa shape index (κ1) is 4.62. The van der Waals surface area contributed by atoms with E-state index in [1.165, 1.54) is 6.42 Å². The largest absolute Gasteiger partial charge is 0.372 e. The van der Waals surface area contributed by atoms with Crippen LogP contribution in [0.2, 0.25) is 0 Å². The lowest BCUT2D eigenvalue weighted by Gasteiger charge is -2.10. The van der Waals surface area contributed by atoms with Crippen molar-refractivity contribution in [2.75, 3.05) is 6.54 Å². The van der Waals surface area contributed by atoms with Crippen LogP contribution in [-0.2, 0) is 0 Å². The highest BCUT2D eigenvalue weighted by Crippen LogP contribution is 1.98. The quantitative estimate of drug-likeness (QED) is 0.452. The first-order valence-electron chi connectivity index (χ1n) is 2.68. The molecule has 0 saturated carbocycles. The summed E-state index contributed by atoms with van der Waals surface area (Å²) in [5.41, 5.74) is 0. The molecule has 0 aromatic heterocycles. The van der Waals surface area contributed by atoms with E-state index in [-0.39, 0.29) is 0 Å². The molecule has 0 amide bonds. The van der Waals surface area contributed by atoms with E-state index in [1.54, 1.807) is 0 Å². The van der Waals surface area contributed by atoms with Gasteiger partial charge in [-0.25, -0.2) is 0 Å². The molecule has 1 fully saturated rings. The summed E-state index contributed by atoms with van der Waals surface area (Å²) < 4.78 is 0. The molecule has 1 saturated heterocycles. The van der Waals surface area contributed by atoms with E-state index in [9.17, 15) is 0 Å². The zero-order valence-electron chi connectivity index (χ0n) is 4.28. The fourth-order valence-corrected chi connectivity index (χ4v) is 0.739. The van der Waals surface area contributed by atoms with Gasteiger partial charge in [-0.3, -0.25) is 0 Å². The molecule has 0 aliphatic carbocycles. The molecule has 0 unspecified atom stereocenters. The van der Waals surface area contributed by atoms with Crippen LogP contribution in [0.15, 0.2) is 0 Å². The average Bonchev–Trinajstić information content (AvgIpc) is 1.69. The van der Waals surface area contributed by atoms with Gasteiger partial charge in [-0.15, -0.1) is 5.41 Å². The van der Waals surface area contributed by atoms with E-state index in [4.69, 9.17) is 5.41 Å². The van der Waals surface area contributed by atoms with E-state index < -0.39 is 0 Å². The Bertz CT molecular complexity index is 70.1. The minimum atomic E-state index is 0.464. The van der Waals surface area contributed by atoms with E-state index in [0.29, 0.717) is 5.84 Å². The van der Waals surface area contributed by atoms with Crippen molar-refractivity contribution < 1.29 is 0 Å². The minimum Gasteiger partial charge on any atom is -0.372 e. The zero-order valence-corrected chi connectivity index (χ0v) is 4.28. The Hall–Kier alpha value is -0.530. The maximum atomic E-state index is 8.71. The molecule has 1 aliphatic heterocycles. The molecule has 7 heavy (non-hydrogen) atoms. The second kappa shape index (κ2) is 1.96. The van der Waals surface area contributed by atoms with Crippen molar-refractivity contribution in [3.8, 4) is 0 Å². The van der Waals surface area contributed by atoms with Crippen LogP contribution in [0.4, 0.5) is 0 Å². The van der Waals surface area contributed by atoms with Crippen LogP contribution in [0.5, 0.6) is 0 Å². The third-order valence-corrected chi connectivity index (χ3v) is 1.17. The van der Waals surface area contributed by atoms with Crippen LogP contribution in [-0.4, -0.2) is 12.4 Å². The fraction of sp³-hybridized carbons (Fsp3) is 0.800. The molecule has 0 atom stereocenters. The first-order valence-corrected chi connectivity index (χ1v) is 2.68. The summed E-state index contributed by atoms with van der Waals surface area (Å²) in [5.74, 6) is 0.464. The average molecular weight is 97.1 g/mol. The standard InChI is InChI=1S/C5H9N2/c6-5-3-1-2-4-7-5/h7H,1-4H2. The van der Waals surface area contributed by atoms with Crippen molar-refractivity contribution in [3.05, 3.63) is 0 Å². The Morgan fingerprint density at radius 2 is 2.29 bits per heavy atom. The summed E-state index contributed by atoms with van der Waals surface area (Å²) in [7, 11) is 0. The van der Waals surface area contributed by atoms with E-state index in [0.717, 1.165) is 19.4 Å². The highest BCUT2D eigenvalue weighted by Gasteiger charge is 2.01. The third kappa shape index (κ3) is 1.18. The van der Waals surface area contributed by atoms with Gasteiger partial charge in [0.25, 0.3) is 0 Å². The first-order chi connectivity index (χ1) is 3.39. The molecular formula is C5H9N2. The Balaban J connectivity index is 2.25. The number of nitrogens with zero attached hydrogens (tertiary/aromatic N) is 1. The lowest BCUT2D eigenvalue weighted by atomic mass is 10.2. The van der Waals surface area contributed by atoms with Crippen molar-refractivity contribution in [1.29, 1.82) is 0 Å². The minimum absolute atomic E-state index is 0.464. The van der Waals surface area contributed by atoms with Gasteiger partial charge in [0, 0.05) is 13.0 Å². The van der Waals surface area contributed by atoms with Gasteiger partial charge in [0.1, 0.15) is 5.84 Å². The van der Waals surface area contributed by atoms with Crippen LogP contribution >= 0.6 is 0 Å². The summed E-state index contributed by atoms with van der Waals surface area (Å²) >= 11 is 0. The van der Waals surface area contributed by atoms with Gasteiger partial charge in [0.2, 0.25) is 0 Å². The SMILES string of the molecule is [N]=C1CCCCN1. The van der Waals surface area contributed by atoms with Gasteiger partial charge in [-0.1, -0.05) is 0 Å². The van der Waals surface area contributed by atoms with Crippen LogP contribution in [0.1, 0.15) is 19.3 Å². The smallest absolute Gasteiger partial charge is 0.125 e. The lowest BCUT2D eigenvalue weighted by Crippen LogP contribution is -2.29. The maximum Gasteiger partial charge on any atom is 0.125 e. The van der Waals surface area contributed by atoms with Gasteiger partial charge in [-0.05, 0) is 12.8 Å². The van der Waals surface area contributed by atoms with Gasteiger partial charge < -0.3 is 5.32 Å². The summed E-state index contributed by atoms with van der Waals surface area (Å²) in [4.78, 5) is 0. The third-order valence-electron chi connectivity index (χ3n) is 1.17. The lowest BCUT2D eigenvalue weighted by molar-refractivity contribution is 0.670. The molecular weight excluding hydrogens is 88.1 g/mol. The van der Waals surface area contributed by atoms with Gasteiger partial charge in [0.05, 0.1) is 0 Å². The molecule has 1 aliphatic rings. The summed E-state index contributed by atoms with van der Waals surface area (Å²) in [6, 6.07) is 0. The Morgan fingerprint density at radius 3 is 2.57 bits per heavy atom. The number of hydrogen-bond donors (Lipinski definition) is 1. The van der Waals surface area contributed by atoms with Gasteiger partial charge in [0.15, 0.2) is 0 Å². The van der Waals surface area contributed by atoms with Crippen molar-refractivity contribution >= 4 is 5.84 Å². The molecule has 39 valence electrons. The van der Waals surface area contributed by atoms with Crippen molar-refractivity contribution in [3.63, 3.8) is 0 Å². The highest BCUT2D eigenvalue weighted by atomic mass is 14.9. The van der Waals surface area contributed by atoms with Crippen LogP contribution in [0.3, 0.4) is 0 Å². The number of piperidine rings is 1. The second-order valence-corrected chi connectivity index (χ2v) is 1.83. The molecule has 0 aromatic carbocycles. The number of nitrogens with one attached hydrogen (secondary N) is 1. The van der Waals surface area contributed by atoms with Crippen molar-refractivity contribution in [2.24, 2.45) is 0 Å². The summed E-state index contributed by atoms with van der Waals surface area (Å²) in [5, 5.41) is 11.6. The van der Waals surface area contributed by atoms with Crippen molar-refractivity contribution in [1.82, 2.24) is 10.7 Å². The molecule has 2 heteroatoms. The molecule has 0 aromatic rings. The molecule has 1 N–H and O–H groups in total. The summed E-state index contributed by atoms with van der Waals surface area (Å²) in [6.07, 6.45) is 3.18. The molecule has 0 spiro atoms. The Kier molecular flexibility index (Phi) is 1.29. The van der Waals surface area contributed by atoms with Crippen LogP contribution < -0.4 is 10.7 Å². The van der Waals surface area contributed by atoms with E-state index in [1.807, 2.05) is 0 Å². The monoisotopic (exact) mass is 97.1 g/mol. The molecule has 1 radical (unpaired) electrons. The summed E-state index contributed by atoms with van der Waals surface area (Å²) in [6.45, 7) is 0.950. The Labute approximate surface area is 43.4 Å². The predicted octanol–water partition coefficient (Wildman–Crippen LogP) is -0.0415. The Morgan fingerprint density at radius 1 is 1.43 bits per heavy atom. The topological polar surface area (TPSA) is 34.3 Å². The number of hydrogen-bond acceptors (Lipinski definition) is 0. The second-order valence-electron chi connectivity index (χ2n) is 1.83. The van der Waals surface area contributed by atoms with E-state index in [2.05, 4.69) is 5.32 Å². The fourth-order valence-electron chi connectivity index (χ4n) is 0.739.